The molecule has 66 valence electrons. The van der Waals surface area contributed by atoms with Gasteiger partial charge in [-0.05, 0) is 32.6 Å². The fourth-order valence-electron chi connectivity index (χ4n) is 1.46. The molecule has 0 saturated carbocycles. The molecule has 3 heteroatoms. The van der Waals surface area contributed by atoms with Crippen LogP contribution in [0.5, 0.6) is 0 Å². The van der Waals surface area contributed by atoms with Crippen molar-refractivity contribution in [1.82, 2.24) is 4.90 Å². The second kappa shape index (κ2) is 4.33. The monoisotopic (exact) mass is 175 g/mol. The summed E-state index contributed by atoms with van der Waals surface area (Å²) in [6, 6.07) is 0. The van der Waals surface area contributed by atoms with Crippen molar-refractivity contribution in [3.05, 3.63) is 0 Å². The molecule has 1 aliphatic rings. The Labute approximate surface area is 73.0 Å². The third kappa shape index (κ3) is 2.65. The Balaban J connectivity index is 2.33. The first kappa shape index (κ1) is 9.36. The van der Waals surface area contributed by atoms with E-state index in [1.807, 2.05) is 11.8 Å². The maximum Gasteiger partial charge on any atom is 0.0668 e. The lowest BCUT2D eigenvalue weighted by molar-refractivity contribution is 0.0678. The predicted octanol–water partition coefficient (Wildman–Crippen LogP) is 1.15. The Bertz CT molecular complexity index is 121. The quantitative estimate of drug-likeness (QED) is 0.681. The number of aliphatic hydroxyl groups excluding tert-OH is 1. The number of aliphatic hydroxyl groups is 1. The number of β-amino-alcohol motifs (C(OH)–C–C–N with tert-alkyl or cyclic N) is 1. The molecule has 1 fully saturated rings. The van der Waals surface area contributed by atoms with Crippen molar-refractivity contribution < 1.29 is 5.11 Å². The molecule has 0 unspecified atom stereocenters. The molecule has 2 atom stereocenters. The summed E-state index contributed by atoms with van der Waals surface area (Å²) in [5.41, 5.74) is 0. The molecule has 1 rings (SSSR count). The summed E-state index contributed by atoms with van der Waals surface area (Å²) in [7, 11) is 0. The van der Waals surface area contributed by atoms with Gasteiger partial charge in [0.1, 0.15) is 0 Å². The highest BCUT2D eigenvalue weighted by atomic mass is 32.2. The zero-order valence-corrected chi connectivity index (χ0v) is 8.10. The number of hydrogen-bond donors (Lipinski definition) is 1. The van der Waals surface area contributed by atoms with Crippen molar-refractivity contribution >= 4 is 11.8 Å². The van der Waals surface area contributed by atoms with Gasteiger partial charge in [0.25, 0.3) is 0 Å². The molecule has 2 nitrogen and oxygen atoms in total. The van der Waals surface area contributed by atoms with Crippen molar-refractivity contribution in [3.63, 3.8) is 0 Å². The molecular formula is C8H17NOS. The first-order chi connectivity index (χ1) is 5.24. The maximum absolute atomic E-state index is 9.37. The number of rotatable bonds is 2. The Morgan fingerprint density at radius 2 is 2.36 bits per heavy atom. The topological polar surface area (TPSA) is 23.5 Å². The lowest BCUT2D eigenvalue weighted by atomic mass is 10.1. The maximum atomic E-state index is 9.37. The fraction of sp³-hybridized carbons (Fsp3) is 1.00. The number of hydrogen-bond acceptors (Lipinski definition) is 3. The van der Waals surface area contributed by atoms with E-state index in [1.165, 1.54) is 0 Å². The van der Waals surface area contributed by atoms with E-state index in [0.29, 0.717) is 5.37 Å². The minimum absolute atomic E-state index is 0.0849. The van der Waals surface area contributed by atoms with Crippen molar-refractivity contribution in [2.24, 2.45) is 0 Å². The van der Waals surface area contributed by atoms with Gasteiger partial charge in [-0.2, -0.15) is 0 Å². The Morgan fingerprint density at radius 1 is 1.64 bits per heavy atom. The second-order valence-electron chi connectivity index (χ2n) is 3.13. The lowest BCUT2D eigenvalue weighted by Gasteiger charge is -2.33. The van der Waals surface area contributed by atoms with Crippen LogP contribution in [0.15, 0.2) is 0 Å². The zero-order chi connectivity index (χ0) is 8.27. The average molecular weight is 175 g/mol. The van der Waals surface area contributed by atoms with Crippen LogP contribution in [0.2, 0.25) is 0 Å². The summed E-state index contributed by atoms with van der Waals surface area (Å²) in [6.07, 6.45) is 4.16. The molecule has 0 bridgehead atoms. The van der Waals surface area contributed by atoms with Crippen LogP contribution in [0, 0.1) is 0 Å². The molecule has 0 spiro atoms. The van der Waals surface area contributed by atoms with E-state index in [2.05, 4.69) is 18.1 Å². The van der Waals surface area contributed by atoms with Crippen LogP contribution in [0.1, 0.15) is 19.8 Å². The minimum atomic E-state index is -0.0849. The van der Waals surface area contributed by atoms with Gasteiger partial charge in [0, 0.05) is 6.54 Å². The molecule has 0 aromatic heterocycles. The van der Waals surface area contributed by atoms with Crippen molar-refractivity contribution in [2.75, 3.05) is 19.3 Å². The van der Waals surface area contributed by atoms with Gasteiger partial charge in [-0.15, -0.1) is 11.8 Å². The van der Waals surface area contributed by atoms with Crippen LogP contribution in [0.25, 0.3) is 0 Å². The highest BCUT2D eigenvalue weighted by Crippen LogP contribution is 2.17. The summed E-state index contributed by atoms with van der Waals surface area (Å²) in [6.45, 7) is 4.21. The van der Waals surface area contributed by atoms with Gasteiger partial charge in [0.05, 0.1) is 11.5 Å². The van der Waals surface area contributed by atoms with Gasteiger partial charge < -0.3 is 5.11 Å². The van der Waals surface area contributed by atoms with Gasteiger partial charge >= 0.3 is 0 Å². The Morgan fingerprint density at radius 3 is 2.91 bits per heavy atom. The van der Waals surface area contributed by atoms with E-state index in [1.54, 1.807) is 0 Å². The summed E-state index contributed by atoms with van der Waals surface area (Å²) >= 11 is 1.85. The van der Waals surface area contributed by atoms with Crippen molar-refractivity contribution in [2.45, 2.75) is 31.2 Å². The van der Waals surface area contributed by atoms with E-state index in [-0.39, 0.29) is 6.10 Å². The van der Waals surface area contributed by atoms with Gasteiger partial charge in [-0.25, -0.2) is 0 Å². The molecule has 0 aromatic rings. The highest BCUT2D eigenvalue weighted by molar-refractivity contribution is 7.99. The van der Waals surface area contributed by atoms with Gasteiger partial charge in [-0.1, -0.05) is 0 Å². The first-order valence-electron chi connectivity index (χ1n) is 4.19. The third-order valence-electron chi connectivity index (χ3n) is 2.28. The van der Waals surface area contributed by atoms with Crippen LogP contribution < -0.4 is 0 Å². The molecule has 0 amide bonds. The number of piperidine rings is 1. The summed E-state index contributed by atoms with van der Waals surface area (Å²) < 4.78 is 0. The number of nitrogens with zero attached hydrogens (tertiary/aromatic N) is 1. The van der Waals surface area contributed by atoms with Crippen LogP contribution >= 0.6 is 11.8 Å². The molecule has 1 saturated heterocycles. The van der Waals surface area contributed by atoms with Gasteiger partial charge in [0.2, 0.25) is 0 Å². The molecule has 1 heterocycles. The standard InChI is InChI=1S/C8H17NOS/c1-7(11-2)9-5-3-4-8(10)6-9/h7-8,10H,3-6H2,1-2H3/t7-,8+/m1/s1. The van der Waals surface area contributed by atoms with Crippen LogP contribution in [0.3, 0.4) is 0 Å². The van der Waals surface area contributed by atoms with E-state index < -0.39 is 0 Å². The second-order valence-corrected chi connectivity index (χ2v) is 4.28. The highest BCUT2D eigenvalue weighted by Gasteiger charge is 2.20. The lowest BCUT2D eigenvalue weighted by Crippen LogP contribution is -2.42. The molecule has 1 aliphatic heterocycles. The van der Waals surface area contributed by atoms with Crippen molar-refractivity contribution in [3.8, 4) is 0 Å². The third-order valence-corrected chi connectivity index (χ3v) is 3.26. The predicted molar refractivity (Wildman–Crippen MR) is 49.8 cm³/mol. The molecule has 0 aliphatic carbocycles. The number of likely N-dealkylation sites (tertiary alicyclic amines) is 1. The Hall–Kier alpha value is 0.270. The molecule has 1 N–H and O–H groups in total. The fourth-order valence-corrected chi connectivity index (χ4v) is 1.95. The largest absolute Gasteiger partial charge is 0.392 e. The molecule has 0 radical (unpaired) electrons. The molecule has 0 aromatic carbocycles. The first-order valence-corrected chi connectivity index (χ1v) is 5.47. The normalized spacial score (nSPS) is 30.3. The summed E-state index contributed by atoms with van der Waals surface area (Å²) in [4.78, 5) is 2.35. The SMILES string of the molecule is CS[C@H](C)N1CCC[C@H](O)C1. The minimum Gasteiger partial charge on any atom is -0.392 e. The van der Waals surface area contributed by atoms with E-state index in [0.717, 1.165) is 25.9 Å². The van der Waals surface area contributed by atoms with Crippen LogP contribution in [-0.2, 0) is 0 Å². The smallest absolute Gasteiger partial charge is 0.0668 e. The summed E-state index contributed by atoms with van der Waals surface area (Å²) in [5.74, 6) is 0. The molecular weight excluding hydrogens is 158 g/mol. The zero-order valence-electron chi connectivity index (χ0n) is 7.29. The number of thioether (sulfide) groups is 1. The average Bonchev–Trinajstić information content (AvgIpc) is 2.03. The van der Waals surface area contributed by atoms with Crippen LogP contribution in [0.4, 0.5) is 0 Å². The summed E-state index contributed by atoms with van der Waals surface area (Å²) in [5, 5.41) is 9.93. The van der Waals surface area contributed by atoms with E-state index in [9.17, 15) is 5.11 Å². The van der Waals surface area contributed by atoms with Gasteiger partial charge in [0.15, 0.2) is 0 Å². The molecule has 11 heavy (non-hydrogen) atoms. The van der Waals surface area contributed by atoms with E-state index in [4.69, 9.17) is 0 Å². The Kier molecular flexibility index (Phi) is 3.69. The van der Waals surface area contributed by atoms with E-state index >= 15 is 0 Å². The van der Waals surface area contributed by atoms with Gasteiger partial charge in [-0.3, -0.25) is 4.90 Å². The van der Waals surface area contributed by atoms with Crippen molar-refractivity contribution in [1.29, 1.82) is 0 Å². The van der Waals surface area contributed by atoms with Crippen LogP contribution in [-0.4, -0.2) is 40.8 Å².